The predicted octanol–water partition coefficient (Wildman–Crippen LogP) is 2.32. The number of hydrogen-bond donors (Lipinski definition) is 1. The van der Waals surface area contributed by atoms with Gasteiger partial charge in [0.1, 0.15) is 0 Å². The van der Waals surface area contributed by atoms with E-state index in [0.29, 0.717) is 19.0 Å². The molecular formula is C18H24BrN3O2. The van der Waals surface area contributed by atoms with Crippen LogP contribution in [-0.2, 0) is 9.59 Å². The predicted molar refractivity (Wildman–Crippen MR) is 98.0 cm³/mol. The fourth-order valence-corrected chi connectivity index (χ4v) is 3.81. The van der Waals surface area contributed by atoms with Crippen molar-refractivity contribution in [3.05, 3.63) is 28.2 Å². The first-order valence-corrected chi connectivity index (χ1v) is 9.31. The quantitative estimate of drug-likeness (QED) is 0.856. The minimum absolute atomic E-state index is 0.0418. The molecule has 0 spiro atoms. The third kappa shape index (κ3) is 3.49. The summed E-state index contributed by atoms with van der Waals surface area (Å²) in [7, 11) is 1.97. The molecule has 0 radical (unpaired) electrons. The van der Waals surface area contributed by atoms with Crippen molar-refractivity contribution in [2.45, 2.75) is 32.2 Å². The van der Waals surface area contributed by atoms with E-state index in [9.17, 15) is 9.59 Å². The topological polar surface area (TPSA) is 52.7 Å². The molecule has 6 heteroatoms. The van der Waals surface area contributed by atoms with Gasteiger partial charge in [-0.25, -0.2) is 0 Å². The second-order valence-corrected chi connectivity index (χ2v) is 7.58. The SMILES string of the molecule is CNC1CCN(C(=O)C2CC(=O)N(c3ccc(Br)c(C)c3)C2)CC1. The maximum absolute atomic E-state index is 12.8. The van der Waals surface area contributed by atoms with Gasteiger partial charge in [-0.3, -0.25) is 9.59 Å². The molecule has 2 aliphatic rings. The van der Waals surface area contributed by atoms with Gasteiger partial charge >= 0.3 is 0 Å². The van der Waals surface area contributed by atoms with Crippen LogP contribution in [0.4, 0.5) is 5.69 Å². The lowest BCUT2D eigenvalue weighted by Gasteiger charge is -2.33. The zero-order chi connectivity index (χ0) is 17.3. The van der Waals surface area contributed by atoms with Crippen LogP contribution in [0.2, 0.25) is 0 Å². The first-order chi connectivity index (χ1) is 11.5. The van der Waals surface area contributed by atoms with Crippen LogP contribution >= 0.6 is 15.9 Å². The molecule has 1 aromatic rings. The smallest absolute Gasteiger partial charge is 0.228 e. The monoisotopic (exact) mass is 393 g/mol. The van der Waals surface area contributed by atoms with Gasteiger partial charge in [-0.15, -0.1) is 0 Å². The lowest BCUT2D eigenvalue weighted by Crippen LogP contribution is -2.46. The van der Waals surface area contributed by atoms with Crippen molar-refractivity contribution in [2.24, 2.45) is 5.92 Å². The summed E-state index contributed by atoms with van der Waals surface area (Å²) in [6.45, 7) is 4.06. The summed E-state index contributed by atoms with van der Waals surface area (Å²) in [4.78, 5) is 28.8. The molecule has 3 rings (SSSR count). The summed E-state index contributed by atoms with van der Waals surface area (Å²) in [5, 5.41) is 3.27. The molecule has 5 nitrogen and oxygen atoms in total. The fraction of sp³-hybridized carbons (Fsp3) is 0.556. The number of carbonyl (C=O) groups is 2. The average molecular weight is 394 g/mol. The molecule has 1 aromatic carbocycles. The van der Waals surface area contributed by atoms with Crippen LogP contribution in [0.3, 0.4) is 0 Å². The fourth-order valence-electron chi connectivity index (χ4n) is 3.57. The van der Waals surface area contributed by atoms with Crippen LogP contribution in [0.1, 0.15) is 24.8 Å². The molecule has 0 bridgehead atoms. The zero-order valence-corrected chi connectivity index (χ0v) is 15.8. The van der Waals surface area contributed by atoms with Crippen molar-refractivity contribution in [3.63, 3.8) is 0 Å². The maximum Gasteiger partial charge on any atom is 0.228 e. The van der Waals surface area contributed by atoms with Crippen molar-refractivity contribution in [3.8, 4) is 0 Å². The van der Waals surface area contributed by atoms with E-state index in [0.717, 1.165) is 41.7 Å². The highest BCUT2D eigenvalue weighted by atomic mass is 79.9. The first kappa shape index (κ1) is 17.4. The van der Waals surface area contributed by atoms with E-state index in [1.165, 1.54) is 0 Å². The highest BCUT2D eigenvalue weighted by molar-refractivity contribution is 9.10. The molecule has 2 amide bonds. The highest BCUT2D eigenvalue weighted by Gasteiger charge is 2.38. The minimum atomic E-state index is -0.215. The number of nitrogens with zero attached hydrogens (tertiary/aromatic N) is 2. The van der Waals surface area contributed by atoms with Crippen molar-refractivity contribution in [1.82, 2.24) is 10.2 Å². The van der Waals surface area contributed by atoms with Gasteiger partial charge in [-0.1, -0.05) is 15.9 Å². The second-order valence-electron chi connectivity index (χ2n) is 6.73. The zero-order valence-electron chi connectivity index (χ0n) is 14.2. The van der Waals surface area contributed by atoms with Crippen LogP contribution in [0.5, 0.6) is 0 Å². The Morgan fingerprint density at radius 1 is 1.29 bits per heavy atom. The Hall–Kier alpha value is -1.40. The molecule has 0 saturated carbocycles. The number of hydrogen-bond acceptors (Lipinski definition) is 3. The summed E-state index contributed by atoms with van der Waals surface area (Å²) in [6.07, 6.45) is 2.29. The van der Waals surface area contributed by atoms with Crippen LogP contribution in [0, 0.1) is 12.8 Å². The molecule has 1 N–H and O–H groups in total. The third-order valence-electron chi connectivity index (χ3n) is 5.14. The van der Waals surface area contributed by atoms with E-state index in [1.54, 1.807) is 4.90 Å². The number of carbonyl (C=O) groups excluding carboxylic acids is 2. The van der Waals surface area contributed by atoms with Crippen molar-refractivity contribution in [2.75, 3.05) is 31.6 Å². The Balaban J connectivity index is 1.66. The van der Waals surface area contributed by atoms with E-state index in [-0.39, 0.29) is 17.7 Å². The van der Waals surface area contributed by atoms with Crippen LogP contribution in [0.25, 0.3) is 0 Å². The number of anilines is 1. The molecule has 2 aliphatic heterocycles. The van der Waals surface area contributed by atoms with E-state index in [4.69, 9.17) is 0 Å². The van der Waals surface area contributed by atoms with E-state index in [2.05, 4.69) is 21.2 Å². The summed E-state index contributed by atoms with van der Waals surface area (Å²) in [5.41, 5.74) is 1.97. The molecule has 1 unspecified atom stereocenters. The van der Waals surface area contributed by atoms with Crippen LogP contribution in [-0.4, -0.2) is 49.4 Å². The number of benzene rings is 1. The molecule has 2 heterocycles. The lowest BCUT2D eigenvalue weighted by atomic mass is 10.0. The summed E-state index contributed by atoms with van der Waals surface area (Å²) < 4.78 is 1.03. The number of nitrogens with one attached hydrogen (secondary N) is 1. The van der Waals surface area contributed by atoms with Crippen LogP contribution in [0.15, 0.2) is 22.7 Å². The van der Waals surface area contributed by atoms with E-state index < -0.39 is 0 Å². The Kier molecular flexibility index (Phi) is 5.25. The van der Waals surface area contributed by atoms with E-state index >= 15 is 0 Å². The molecule has 24 heavy (non-hydrogen) atoms. The summed E-state index contributed by atoms with van der Waals surface area (Å²) >= 11 is 3.48. The van der Waals surface area contributed by atoms with Gasteiger partial charge in [-0.05, 0) is 50.6 Å². The molecule has 130 valence electrons. The Bertz CT molecular complexity index is 641. The number of likely N-dealkylation sites (tertiary alicyclic amines) is 1. The second kappa shape index (κ2) is 7.23. The van der Waals surface area contributed by atoms with Gasteiger partial charge in [0, 0.05) is 42.3 Å². The number of aryl methyl sites for hydroxylation is 1. The van der Waals surface area contributed by atoms with Gasteiger partial charge in [0.05, 0.1) is 5.92 Å². The minimum Gasteiger partial charge on any atom is -0.342 e. The molecule has 0 aromatic heterocycles. The number of piperidine rings is 1. The largest absolute Gasteiger partial charge is 0.342 e. The molecular weight excluding hydrogens is 370 g/mol. The van der Waals surface area contributed by atoms with Gasteiger partial charge in [0.2, 0.25) is 11.8 Å². The van der Waals surface area contributed by atoms with Gasteiger partial charge in [0.15, 0.2) is 0 Å². The Morgan fingerprint density at radius 2 is 2.00 bits per heavy atom. The first-order valence-electron chi connectivity index (χ1n) is 8.52. The normalized spacial score (nSPS) is 22.3. The number of halogens is 1. The third-order valence-corrected chi connectivity index (χ3v) is 6.03. The average Bonchev–Trinajstić information content (AvgIpc) is 2.98. The van der Waals surface area contributed by atoms with E-state index in [1.807, 2.05) is 37.1 Å². The molecule has 2 saturated heterocycles. The number of amides is 2. The van der Waals surface area contributed by atoms with Crippen molar-refractivity contribution >= 4 is 33.4 Å². The standard InChI is InChI=1S/C18H24BrN3O2/c1-12-9-15(3-4-16(12)19)22-11-13(10-17(22)23)18(24)21-7-5-14(20-2)6-8-21/h3-4,9,13-14,20H,5-8,10-11H2,1-2H3. The molecule has 1 atom stereocenters. The Morgan fingerprint density at radius 3 is 2.62 bits per heavy atom. The van der Waals surface area contributed by atoms with Crippen molar-refractivity contribution < 1.29 is 9.59 Å². The summed E-state index contributed by atoms with van der Waals surface area (Å²) in [5.74, 6) is -0.0398. The van der Waals surface area contributed by atoms with Gasteiger partial charge in [-0.2, -0.15) is 0 Å². The molecule has 2 fully saturated rings. The number of rotatable bonds is 3. The van der Waals surface area contributed by atoms with Crippen molar-refractivity contribution in [1.29, 1.82) is 0 Å². The highest BCUT2D eigenvalue weighted by Crippen LogP contribution is 2.29. The summed E-state index contributed by atoms with van der Waals surface area (Å²) in [6, 6.07) is 6.38. The van der Waals surface area contributed by atoms with Crippen LogP contribution < -0.4 is 10.2 Å². The Labute approximate surface area is 151 Å². The van der Waals surface area contributed by atoms with Gasteiger partial charge < -0.3 is 15.1 Å². The van der Waals surface area contributed by atoms with Gasteiger partial charge in [0.25, 0.3) is 0 Å². The maximum atomic E-state index is 12.8. The molecule has 0 aliphatic carbocycles. The lowest BCUT2D eigenvalue weighted by molar-refractivity contribution is -0.136.